The van der Waals surface area contributed by atoms with E-state index in [4.69, 9.17) is 0 Å². The van der Waals surface area contributed by atoms with Crippen LogP contribution in [0.3, 0.4) is 0 Å². The largest absolute Gasteiger partial charge is 0.312 e. The van der Waals surface area contributed by atoms with Crippen molar-refractivity contribution in [1.29, 1.82) is 0 Å². The van der Waals surface area contributed by atoms with E-state index in [1.807, 2.05) is 19.1 Å². The Bertz CT molecular complexity index is 516. The fraction of sp³-hybridized carbons (Fsp3) is 0.571. The Morgan fingerprint density at radius 1 is 1.30 bits per heavy atom. The number of nitrogens with one attached hydrogen (secondary N) is 1. The smallest absolute Gasteiger partial charge is 0.243 e. The van der Waals surface area contributed by atoms with Crippen LogP contribution in [-0.4, -0.2) is 38.4 Å². The van der Waals surface area contributed by atoms with Crippen molar-refractivity contribution < 1.29 is 8.42 Å². The van der Waals surface area contributed by atoms with Gasteiger partial charge < -0.3 is 5.32 Å². The van der Waals surface area contributed by atoms with Crippen LogP contribution >= 0.6 is 12.4 Å². The van der Waals surface area contributed by atoms with E-state index in [0.29, 0.717) is 24.5 Å². The van der Waals surface area contributed by atoms with E-state index in [0.717, 1.165) is 12.8 Å². The van der Waals surface area contributed by atoms with E-state index < -0.39 is 10.0 Å². The van der Waals surface area contributed by atoms with Gasteiger partial charge in [0.05, 0.1) is 4.90 Å². The molecule has 2 rings (SSSR count). The molecule has 4 nitrogen and oxygen atoms in total. The third-order valence-electron chi connectivity index (χ3n) is 3.43. The molecule has 1 aromatic carbocycles. The fourth-order valence-corrected chi connectivity index (χ4v) is 3.91. The zero-order valence-electron chi connectivity index (χ0n) is 12.0. The minimum Gasteiger partial charge on any atom is -0.312 e. The Morgan fingerprint density at radius 2 is 1.95 bits per heavy atom. The van der Waals surface area contributed by atoms with Gasteiger partial charge in [-0.05, 0) is 31.0 Å². The number of hydrogen-bond donors (Lipinski definition) is 1. The molecule has 1 aromatic rings. The number of nitrogens with zero attached hydrogens (tertiary/aromatic N) is 1. The summed E-state index contributed by atoms with van der Waals surface area (Å²) in [6, 6.07) is 7.51. The molecule has 114 valence electrons. The molecule has 1 fully saturated rings. The molecule has 1 heterocycles. The Kier molecular flexibility index (Phi) is 6.45. The summed E-state index contributed by atoms with van der Waals surface area (Å²) >= 11 is 0. The monoisotopic (exact) mass is 318 g/mol. The van der Waals surface area contributed by atoms with Crippen molar-refractivity contribution in [3.05, 3.63) is 29.8 Å². The molecule has 0 spiro atoms. The molecule has 0 aromatic heterocycles. The standard InChI is InChI=1S/C14H22N2O2S.ClH/c1-3-4-13-5-7-14(8-6-13)19(17,18)16-10-9-15-12(2)11-16;/h5-8,12,15H,3-4,9-11H2,1-2H3;1H. The SMILES string of the molecule is CCCc1ccc(S(=O)(=O)N2CCNC(C)C2)cc1.Cl. The number of sulfonamides is 1. The van der Waals surface area contributed by atoms with Crippen LogP contribution in [0.15, 0.2) is 29.2 Å². The van der Waals surface area contributed by atoms with E-state index in [9.17, 15) is 8.42 Å². The van der Waals surface area contributed by atoms with Crippen LogP contribution < -0.4 is 5.32 Å². The summed E-state index contributed by atoms with van der Waals surface area (Å²) in [5.41, 5.74) is 1.19. The average Bonchev–Trinajstić information content (AvgIpc) is 2.40. The molecule has 20 heavy (non-hydrogen) atoms. The number of benzene rings is 1. The van der Waals surface area contributed by atoms with Crippen LogP contribution in [0.1, 0.15) is 25.8 Å². The summed E-state index contributed by atoms with van der Waals surface area (Å²) in [7, 11) is -3.33. The molecular formula is C14H23ClN2O2S. The van der Waals surface area contributed by atoms with Gasteiger partial charge in [-0.15, -0.1) is 12.4 Å². The molecule has 1 N–H and O–H groups in total. The Morgan fingerprint density at radius 3 is 2.50 bits per heavy atom. The van der Waals surface area contributed by atoms with Crippen molar-refractivity contribution >= 4 is 22.4 Å². The van der Waals surface area contributed by atoms with Crippen LogP contribution in [0.4, 0.5) is 0 Å². The molecule has 1 aliphatic rings. The average molecular weight is 319 g/mol. The molecular weight excluding hydrogens is 296 g/mol. The van der Waals surface area contributed by atoms with Gasteiger partial charge in [-0.2, -0.15) is 4.31 Å². The first kappa shape index (κ1) is 17.4. The van der Waals surface area contributed by atoms with Gasteiger partial charge in [0.2, 0.25) is 10.0 Å². The summed E-state index contributed by atoms with van der Waals surface area (Å²) < 4.78 is 26.6. The van der Waals surface area contributed by atoms with Gasteiger partial charge in [0, 0.05) is 25.7 Å². The van der Waals surface area contributed by atoms with Gasteiger partial charge in [-0.1, -0.05) is 25.5 Å². The molecule has 1 saturated heterocycles. The second kappa shape index (κ2) is 7.41. The molecule has 1 atom stereocenters. The van der Waals surface area contributed by atoms with Crippen molar-refractivity contribution in [1.82, 2.24) is 9.62 Å². The van der Waals surface area contributed by atoms with E-state index in [1.54, 1.807) is 16.4 Å². The zero-order chi connectivity index (χ0) is 13.9. The molecule has 1 aliphatic heterocycles. The number of aryl methyl sites for hydroxylation is 1. The first-order chi connectivity index (χ1) is 9.04. The number of piperazine rings is 1. The summed E-state index contributed by atoms with van der Waals surface area (Å²) in [4.78, 5) is 0.404. The van der Waals surface area contributed by atoms with Gasteiger partial charge >= 0.3 is 0 Å². The Balaban J connectivity index is 0.00000200. The van der Waals surface area contributed by atoms with E-state index in [2.05, 4.69) is 12.2 Å². The summed E-state index contributed by atoms with van der Waals surface area (Å²) in [6.07, 6.45) is 2.06. The topological polar surface area (TPSA) is 49.4 Å². The van der Waals surface area contributed by atoms with Crippen molar-refractivity contribution in [3.8, 4) is 0 Å². The second-order valence-corrected chi connectivity index (χ2v) is 7.05. The van der Waals surface area contributed by atoms with Crippen molar-refractivity contribution in [3.63, 3.8) is 0 Å². The quantitative estimate of drug-likeness (QED) is 0.924. The van der Waals surface area contributed by atoms with E-state index >= 15 is 0 Å². The van der Waals surface area contributed by atoms with Gasteiger partial charge in [0.1, 0.15) is 0 Å². The highest BCUT2D eigenvalue weighted by atomic mass is 35.5. The van der Waals surface area contributed by atoms with Crippen LogP contribution in [0, 0.1) is 0 Å². The lowest BCUT2D eigenvalue weighted by atomic mass is 10.1. The molecule has 0 radical (unpaired) electrons. The predicted octanol–water partition coefficient (Wildman–Crippen LogP) is 2.04. The first-order valence-corrected chi connectivity index (χ1v) is 8.30. The van der Waals surface area contributed by atoms with Crippen molar-refractivity contribution in [2.75, 3.05) is 19.6 Å². The minimum atomic E-state index is -3.33. The first-order valence-electron chi connectivity index (χ1n) is 6.86. The minimum absolute atomic E-state index is 0. The third-order valence-corrected chi connectivity index (χ3v) is 5.31. The fourth-order valence-electron chi connectivity index (χ4n) is 2.38. The van der Waals surface area contributed by atoms with Crippen molar-refractivity contribution in [2.24, 2.45) is 0 Å². The summed E-state index contributed by atoms with van der Waals surface area (Å²) in [5.74, 6) is 0. The van der Waals surface area contributed by atoms with E-state index in [-0.39, 0.29) is 18.4 Å². The predicted molar refractivity (Wildman–Crippen MR) is 83.9 cm³/mol. The van der Waals surface area contributed by atoms with Crippen LogP contribution in [0.5, 0.6) is 0 Å². The van der Waals surface area contributed by atoms with Gasteiger partial charge in [0.15, 0.2) is 0 Å². The highest BCUT2D eigenvalue weighted by Gasteiger charge is 2.28. The number of halogens is 1. The van der Waals surface area contributed by atoms with E-state index in [1.165, 1.54) is 5.56 Å². The normalized spacial score (nSPS) is 20.4. The maximum Gasteiger partial charge on any atom is 0.243 e. The van der Waals surface area contributed by atoms with Gasteiger partial charge in [0.25, 0.3) is 0 Å². The Labute approximate surface area is 128 Å². The maximum absolute atomic E-state index is 12.5. The molecule has 0 saturated carbocycles. The lowest BCUT2D eigenvalue weighted by molar-refractivity contribution is 0.310. The summed E-state index contributed by atoms with van der Waals surface area (Å²) in [6.45, 7) is 5.93. The third kappa shape index (κ3) is 3.95. The van der Waals surface area contributed by atoms with Crippen LogP contribution in [-0.2, 0) is 16.4 Å². The van der Waals surface area contributed by atoms with Crippen molar-refractivity contribution in [2.45, 2.75) is 37.6 Å². The molecule has 0 aliphatic carbocycles. The Hall–Kier alpha value is -0.620. The number of hydrogen-bond acceptors (Lipinski definition) is 3. The maximum atomic E-state index is 12.5. The van der Waals surface area contributed by atoms with Crippen LogP contribution in [0.2, 0.25) is 0 Å². The summed E-state index contributed by atoms with van der Waals surface area (Å²) in [5, 5.41) is 3.26. The van der Waals surface area contributed by atoms with Gasteiger partial charge in [-0.3, -0.25) is 0 Å². The molecule has 6 heteroatoms. The van der Waals surface area contributed by atoms with Gasteiger partial charge in [-0.25, -0.2) is 8.42 Å². The molecule has 0 bridgehead atoms. The van der Waals surface area contributed by atoms with Crippen LogP contribution in [0.25, 0.3) is 0 Å². The highest BCUT2D eigenvalue weighted by Crippen LogP contribution is 2.18. The molecule has 1 unspecified atom stereocenters. The number of rotatable bonds is 4. The molecule has 0 amide bonds. The zero-order valence-corrected chi connectivity index (χ0v) is 13.6. The lowest BCUT2D eigenvalue weighted by Gasteiger charge is -2.31. The second-order valence-electron chi connectivity index (χ2n) is 5.11. The lowest BCUT2D eigenvalue weighted by Crippen LogP contribution is -2.51. The highest BCUT2D eigenvalue weighted by molar-refractivity contribution is 7.89.